The van der Waals surface area contributed by atoms with Crippen molar-refractivity contribution in [3.63, 3.8) is 0 Å². The third-order valence-corrected chi connectivity index (χ3v) is 5.23. The highest BCUT2D eigenvalue weighted by Gasteiger charge is 2.60. The van der Waals surface area contributed by atoms with Crippen molar-refractivity contribution in [1.82, 2.24) is 0 Å². The molecule has 2 fully saturated rings. The predicted octanol–water partition coefficient (Wildman–Crippen LogP) is 0.819. The molecule has 4 rings (SSSR count). The molecule has 0 spiro atoms. The number of esters is 3. The zero-order valence-corrected chi connectivity index (χ0v) is 13.4. The van der Waals surface area contributed by atoms with Gasteiger partial charge in [-0.05, 0) is 13.0 Å². The van der Waals surface area contributed by atoms with Crippen LogP contribution < -0.4 is 0 Å². The monoisotopic (exact) mass is 334 g/mol. The summed E-state index contributed by atoms with van der Waals surface area (Å²) in [5, 5.41) is 0. The number of hydrogen-bond donors (Lipinski definition) is 0. The standard InChI is InChI=1S/C17H18O7/c1-7-14-11-4-9(16(20)22-11)10(21-8(2)18)5-13-17(3,24-13)6-12(14)23-15(7)19/h4,10-14H,1,5-6H2,2-3H3. The minimum Gasteiger partial charge on any atom is -0.458 e. The maximum absolute atomic E-state index is 12.3. The maximum Gasteiger partial charge on any atom is 0.338 e. The summed E-state index contributed by atoms with van der Waals surface area (Å²) in [6.07, 6.45) is 0.501. The summed E-state index contributed by atoms with van der Waals surface area (Å²) < 4.78 is 21.9. The Morgan fingerprint density at radius 1 is 1.33 bits per heavy atom. The third kappa shape index (κ3) is 2.26. The van der Waals surface area contributed by atoms with Crippen LogP contribution >= 0.6 is 0 Å². The van der Waals surface area contributed by atoms with E-state index < -0.39 is 47.7 Å². The van der Waals surface area contributed by atoms with Crippen molar-refractivity contribution >= 4 is 17.9 Å². The lowest BCUT2D eigenvalue weighted by Crippen LogP contribution is -2.33. The van der Waals surface area contributed by atoms with Gasteiger partial charge in [0.15, 0.2) is 0 Å². The minimum atomic E-state index is -0.713. The van der Waals surface area contributed by atoms with E-state index in [0.29, 0.717) is 24.0 Å². The highest BCUT2D eigenvalue weighted by molar-refractivity contribution is 5.94. The molecule has 6 atom stereocenters. The van der Waals surface area contributed by atoms with Crippen LogP contribution in [0, 0.1) is 5.92 Å². The van der Waals surface area contributed by atoms with E-state index in [4.69, 9.17) is 18.9 Å². The number of epoxide rings is 1. The second-order valence-corrected chi connectivity index (χ2v) is 6.94. The molecule has 3 aliphatic heterocycles. The zero-order chi connectivity index (χ0) is 17.2. The van der Waals surface area contributed by atoms with Crippen LogP contribution in [0.15, 0.2) is 23.8 Å². The fourth-order valence-electron chi connectivity index (χ4n) is 3.91. The van der Waals surface area contributed by atoms with E-state index in [0.717, 1.165) is 0 Å². The Labute approximate surface area is 138 Å². The molecule has 128 valence electrons. The first-order valence-electron chi connectivity index (χ1n) is 7.96. The lowest BCUT2D eigenvalue weighted by atomic mass is 9.83. The molecule has 2 saturated heterocycles. The van der Waals surface area contributed by atoms with E-state index in [9.17, 15) is 14.4 Å². The first kappa shape index (κ1) is 15.4. The van der Waals surface area contributed by atoms with E-state index in [1.54, 1.807) is 6.08 Å². The largest absolute Gasteiger partial charge is 0.458 e. The van der Waals surface area contributed by atoms with Crippen LogP contribution in [0.4, 0.5) is 0 Å². The second kappa shape index (κ2) is 4.92. The Kier molecular flexibility index (Phi) is 3.16. The van der Waals surface area contributed by atoms with Gasteiger partial charge in [0.05, 0.1) is 23.2 Å². The van der Waals surface area contributed by atoms with Crippen molar-refractivity contribution in [2.45, 2.75) is 56.7 Å². The van der Waals surface area contributed by atoms with Crippen molar-refractivity contribution in [1.29, 1.82) is 0 Å². The number of ether oxygens (including phenoxy) is 4. The first-order chi connectivity index (χ1) is 11.3. The van der Waals surface area contributed by atoms with Crippen molar-refractivity contribution in [3.8, 4) is 0 Å². The summed E-state index contributed by atoms with van der Waals surface area (Å²) in [5.41, 5.74) is 0.105. The van der Waals surface area contributed by atoms with Crippen molar-refractivity contribution < 1.29 is 33.3 Å². The molecule has 7 heteroatoms. The normalized spacial score (nSPS) is 43.2. The van der Waals surface area contributed by atoms with Gasteiger partial charge in [-0.1, -0.05) is 6.58 Å². The molecular weight excluding hydrogens is 316 g/mol. The topological polar surface area (TPSA) is 91.4 Å². The van der Waals surface area contributed by atoms with Crippen LogP contribution in [0.5, 0.6) is 0 Å². The Morgan fingerprint density at radius 2 is 2.08 bits per heavy atom. The summed E-state index contributed by atoms with van der Waals surface area (Å²) in [7, 11) is 0. The Balaban J connectivity index is 1.73. The minimum absolute atomic E-state index is 0.180. The molecule has 0 aromatic carbocycles. The number of carbonyl (C=O) groups is 3. The van der Waals surface area contributed by atoms with Crippen LogP contribution in [0.1, 0.15) is 26.7 Å². The molecule has 4 aliphatic rings. The second-order valence-electron chi connectivity index (χ2n) is 6.94. The molecule has 1 aliphatic carbocycles. The summed E-state index contributed by atoms with van der Waals surface area (Å²) in [5.74, 6) is -1.93. The van der Waals surface area contributed by atoms with E-state index in [1.165, 1.54) is 6.92 Å². The first-order valence-corrected chi connectivity index (χ1v) is 7.96. The van der Waals surface area contributed by atoms with Gasteiger partial charge in [-0.3, -0.25) is 4.79 Å². The fourth-order valence-corrected chi connectivity index (χ4v) is 3.91. The molecule has 24 heavy (non-hydrogen) atoms. The smallest absolute Gasteiger partial charge is 0.338 e. The molecule has 0 N–H and O–H groups in total. The lowest BCUT2D eigenvalue weighted by Gasteiger charge is -2.23. The highest BCUT2D eigenvalue weighted by Crippen LogP contribution is 2.49. The molecule has 2 bridgehead atoms. The summed E-state index contributed by atoms with van der Waals surface area (Å²) in [4.78, 5) is 35.6. The van der Waals surface area contributed by atoms with Crippen LogP contribution in [-0.2, 0) is 33.3 Å². The van der Waals surface area contributed by atoms with Gasteiger partial charge in [-0.25, -0.2) is 9.59 Å². The van der Waals surface area contributed by atoms with Gasteiger partial charge in [0.1, 0.15) is 18.3 Å². The summed E-state index contributed by atoms with van der Waals surface area (Å²) >= 11 is 0. The van der Waals surface area contributed by atoms with Crippen LogP contribution in [0.25, 0.3) is 0 Å². The average Bonchev–Trinajstić information content (AvgIpc) is 2.80. The van der Waals surface area contributed by atoms with Crippen LogP contribution in [0.3, 0.4) is 0 Å². The van der Waals surface area contributed by atoms with Gasteiger partial charge in [0, 0.05) is 25.3 Å². The molecule has 0 saturated carbocycles. The van der Waals surface area contributed by atoms with Gasteiger partial charge in [0.2, 0.25) is 0 Å². The highest BCUT2D eigenvalue weighted by atomic mass is 16.6. The quantitative estimate of drug-likeness (QED) is 0.303. The molecular formula is C17H18O7. The fraction of sp³-hybridized carbons (Fsp3) is 0.588. The van der Waals surface area contributed by atoms with Gasteiger partial charge >= 0.3 is 17.9 Å². The van der Waals surface area contributed by atoms with Gasteiger partial charge < -0.3 is 18.9 Å². The van der Waals surface area contributed by atoms with Crippen molar-refractivity contribution in [2.75, 3.05) is 0 Å². The predicted molar refractivity (Wildman–Crippen MR) is 78.5 cm³/mol. The van der Waals surface area contributed by atoms with Gasteiger partial charge in [0.25, 0.3) is 0 Å². The molecule has 0 radical (unpaired) electrons. The molecule has 0 amide bonds. The Hall–Kier alpha value is -2.15. The van der Waals surface area contributed by atoms with Gasteiger partial charge in [-0.15, -0.1) is 0 Å². The van der Waals surface area contributed by atoms with E-state index in [1.807, 2.05) is 6.92 Å². The van der Waals surface area contributed by atoms with Crippen molar-refractivity contribution in [2.24, 2.45) is 5.92 Å². The van der Waals surface area contributed by atoms with Crippen molar-refractivity contribution in [3.05, 3.63) is 23.8 Å². The van der Waals surface area contributed by atoms with Gasteiger partial charge in [-0.2, -0.15) is 0 Å². The lowest BCUT2D eigenvalue weighted by molar-refractivity contribution is -0.148. The number of rotatable bonds is 1. The Bertz CT molecular complexity index is 693. The summed E-state index contributed by atoms with van der Waals surface area (Å²) in [6, 6.07) is 0. The van der Waals surface area contributed by atoms with Crippen LogP contribution in [-0.4, -0.2) is 47.9 Å². The molecule has 7 nitrogen and oxygen atoms in total. The van der Waals surface area contributed by atoms with Crippen LogP contribution in [0.2, 0.25) is 0 Å². The summed E-state index contributed by atoms with van der Waals surface area (Å²) in [6.45, 7) is 7.02. The molecule has 0 aromatic heterocycles. The number of fused-ring (bicyclic) bond motifs is 4. The van der Waals surface area contributed by atoms with E-state index in [2.05, 4.69) is 6.58 Å². The molecule has 0 aromatic rings. The maximum atomic E-state index is 12.3. The third-order valence-electron chi connectivity index (χ3n) is 5.23. The zero-order valence-electron chi connectivity index (χ0n) is 13.4. The van der Waals surface area contributed by atoms with E-state index in [-0.39, 0.29) is 6.10 Å². The number of hydrogen-bond acceptors (Lipinski definition) is 7. The van der Waals surface area contributed by atoms with E-state index >= 15 is 0 Å². The molecule has 3 heterocycles. The molecule has 6 unspecified atom stereocenters. The SMILES string of the molecule is C=C1C(=O)OC2CC3(C)OC3CC(OC(C)=O)C3=CC(OC3=O)C12. The Morgan fingerprint density at radius 3 is 2.79 bits per heavy atom. The average molecular weight is 334 g/mol. The number of carbonyl (C=O) groups excluding carboxylic acids is 3.